The van der Waals surface area contributed by atoms with Gasteiger partial charge in [-0.05, 0) is 37.9 Å². The first-order chi connectivity index (χ1) is 6.74. The lowest BCUT2D eigenvalue weighted by molar-refractivity contribution is 0.731. The van der Waals surface area contributed by atoms with Crippen LogP contribution in [0.3, 0.4) is 0 Å². The van der Waals surface area contributed by atoms with E-state index in [-0.39, 0.29) is 0 Å². The summed E-state index contributed by atoms with van der Waals surface area (Å²) in [6, 6.07) is 8.98. The molecular weight excluding hydrogens is 212 g/mol. The van der Waals surface area contributed by atoms with E-state index in [1.54, 1.807) is 0 Å². The molecule has 76 valence electrons. The van der Waals surface area contributed by atoms with Gasteiger partial charge in [-0.3, -0.25) is 5.14 Å². The predicted octanol–water partition coefficient (Wildman–Crippen LogP) is 2.90. The maximum Gasteiger partial charge on any atom is 0.141 e. The number of benzene rings is 1. The lowest BCUT2D eigenvalue weighted by Crippen LogP contribution is -2.34. The number of nitrogens with zero attached hydrogens (tertiary/aromatic N) is 1. The van der Waals surface area contributed by atoms with Crippen LogP contribution in [0.2, 0.25) is 0 Å². The number of para-hydroxylation sites is 1. The zero-order chi connectivity index (χ0) is 10.1. The highest BCUT2D eigenvalue weighted by molar-refractivity contribution is 8.16. The molecule has 1 aliphatic heterocycles. The van der Waals surface area contributed by atoms with Crippen LogP contribution in [0, 0.1) is 0 Å². The van der Waals surface area contributed by atoms with Gasteiger partial charge in [0.15, 0.2) is 0 Å². The van der Waals surface area contributed by atoms with Gasteiger partial charge in [-0.15, -0.1) is 0 Å². The maximum atomic E-state index is 5.70. The Morgan fingerprint density at radius 1 is 1.43 bits per heavy atom. The zero-order valence-electron chi connectivity index (χ0n) is 8.31. The van der Waals surface area contributed by atoms with E-state index in [9.17, 15) is 0 Å². The third-order valence-electron chi connectivity index (χ3n) is 2.27. The number of fused-ring (bicyclic) bond motifs is 1. The summed E-state index contributed by atoms with van der Waals surface area (Å²) in [5.74, 6) is 0. The third kappa shape index (κ3) is 1.62. The van der Waals surface area contributed by atoms with Crippen molar-refractivity contribution in [1.82, 2.24) is 0 Å². The van der Waals surface area contributed by atoms with E-state index in [0.717, 1.165) is 0 Å². The third-order valence-corrected chi connectivity index (χ3v) is 4.38. The van der Waals surface area contributed by atoms with Crippen molar-refractivity contribution < 1.29 is 0 Å². The Kier molecular flexibility index (Phi) is 2.95. The summed E-state index contributed by atoms with van der Waals surface area (Å²) in [5.41, 5.74) is 1.32. The summed E-state index contributed by atoms with van der Waals surface area (Å²) < 4.78 is 0.326. The molecule has 14 heavy (non-hydrogen) atoms. The molecule has 1 aromatic carbocycles. The van der Waals surface area contributed by atoms with Crippen molar-refractivity contribution in [1.29, 1.82) is 0 Å². The minimum atomic E-state index is 0.326. The van der Waals surface area contributed by atoms with Crippen LogP contribution < -0.4 is 10.0 Å². The van der Waals surface area contributed by atoms with E-state index in [1.807, 2.05) is 11.8 Å². The van der Waals surface area contributed by atoms with Gasteiger partial charge in [0.05, 0.1) is 5.69 Å². The van der Waals surface area contributed by atoms with Gasteiger partial charge in [-0.25, -0.2) is 0 Å². The second-order valence-electron chi connectivity index (χ2n) is 3.53. The van der Waals surface area contributed by atoms with E-state index >= 15 is 0 Å². The summed E-state index contributed by atoms with van der Waals surface area (Å²) in [7, 11) is 0. The molecule has 0 aliphatic carbocycles. The Morgan fingerprint density at radius 2 is 2.14 bits per heavy atom. The molecule has 0 fully saturated rings. The molecule has 0 amide bonds. The first kappa shape index (κ1) is 10.2. The average Bonchev–Trinajstić information content (AvgIpc) is 2.55. The summed E-state index contributed by atoms with van der Waals surface area (Å²) in [6.07, 6.45) is 0. The van der Waals surface area contributed by atoms with Gasteiger partial charge in [0.25, 0.3) is 0 Å². The highest BCUT2D eigenvalue weighted by atomic mass is 32.2. The summed E-state index contributed by atoms with van der Waals surface area (Å²) >= 11 is 3.25. The van der Waals surface area contributed by atoms with Crippen molar-refractivity contribution in [2.75, 3.05) is 4.90 Å². The highest BCUT2D eigenvalue weighted by Gasteiger charge is 2.31. The van der Waals surface area contributed by atoms with Crippen molar-refractivity contribution in [2.24, 2.45) is 5.14 Å². The molecule has 0 aromatic heterocycles. The molecule has 2 N–H and O–H groups in total. The summed E-state index contributed by atoms with van der Waals surface area (Å²) in [6.45, 7) is 4.40. The molecule has 4 heteroatoms. The van der Waals surface area contributed by atoms with Crippen LogP contribution in [-0.2, 0) is 0 Å². The van der Waals surface area contributed by atoms with Gasteiger partial charge in [-0.1, -0.05) is 23.9 Å². The standard InChI is InChI=1S/C10H14N2S2/c1-7(2)12-8-5-3-4-6-9(8)13-10(12)14-11/h3-7,10H,11H2,1-2H3. The Hall–Kier alpha value is -0.320. The zero-order valence-corrected chi connectivity index (χ0v) is 9.94. The second-order valence-corrected chi connectivity index (χ2v) is 5.67. The van der Waals surface area contributed by atoms with E-state index in [0.29, 0.717) is 10.7 Å². The fraction of sp³-hybridized carbons (Fsp3) is 0.400. The van der Waals surface area contributed by atoms with E-state index < -0.39 is 0 Å². The van der Waals surface area contributed by atoms with Crippen LogP contribution in [0.4, 0.5) is 5.69 Å². The van der Waals surface area contributed by atoms with Gasteiger partial charge in [0.2, 0.25) is 0 Å². The maximum absolute atomic E-state index is 5.70. The molecule has 2 nitrogen and oxygen atoms in total. The molecule has 1 unspecified atom stereocenters. The van der Waals surface area contributed by atoms with Gasteiger partial charge >= 0.3 is 0 Å². The fourth-order valence-electron chi connectivity index (χ4n) is 1.66. The molecule has 0 bridgehead atoms. The molecule has 1 aromatic rings. The normalized spacial score (nSPS) is 20.3. The number of anilines is 1. The number of nitrogens with two attached hydrogens (primary N) is 1. The van der Waals surface area contributed by atoms with Gasteiger partial charge in [0.1, 0.15) is 4.71 Å². The number of thioether (sulfide) groups is 1. The van der Waals surface area contributed by atoms with E-state index in [4.69, 9.17) is 5.14 Å². The second kappa shape index (κ2) is 4.04. The molecule has 0 spiro atoms. The Morgan fingerprint density at radius 3 is 2.79 bits per heavy atom. The lowest BCUT2D eigenvalue weighted by atomic mass is 10.2. The molecular formula is C10H14N2S2. The first-order valence-electron chi connectivity index (χ1n) is 4.63. The van der Waals surface area contributed by atoms with Crippen LogP contribution in [0.5, 0.6) is 0 Å². The van der Waals surface area contributed by atoms with Crippen LogP contribution in [0.15, 0.2) is 29.2 Å². The summed E-state index contributed by atoms with van der Waals surface area (Å²) in [4.78, 5) is 3.70. The molecule has 1 aliphatic rings. The smallest absolute Gasteiger partial charge is 0.141 e. The highest BCUT2D eigenvalue weighted by Crippen LogP contribution is 2.46. The van der Waals surface area contributed by atoms with Crippen LogP contribution in [0.25, 0.3) is 0 Å². The predicted molar refractivity (Wildman–Crippen MR) is 65.5 cm³/mol. The Labute approximate surface area is 93.4 Å². The largest absolute Gasteiger partial charge is 0.346 e. The van der Waals surface area contributed by atoms with Crippen molar-refractivity contribution in [3.8, 4) is 0 Å². The van der Waals surface area contributed by atoms with Crippen molar-refractivity contribution in [2.45, 2.75) is 29.5 Å². The Balaban J connectivity index is 2.37. The minimum absolute atomic E-state index is 0.326. The molecule has 0 saturated carbocycles. The average molecular weight is 226 g/mol. The van der Waals surface area contributed by atoms with Crippen LogP contribution in [-0.4, -0.2) is 10.7 Å². The molecule has 0 saturated heterocycles. The number of rotatable bonds is 2. The minimum Gasteiger partial charge on any atom is -0.346 e. The van der Waals surface area contributed by atoms with E-state index in [2.05, 4.69) is 43.0 Å². The Bertz CT molecular complexity index is 328. The van der Waals surface area contributed by atoms with Gasteiger partial charge in [-0.2, -0.15) is 0 Å². The number of hydrogen-bond acceptors (Lipinski definition) is 4. The van der Waals surface area contributed by atoms with Crippen molar-refractivity contribution in [3.63, 3.8) is 0 Å². The topological polar surface area (TPSA) is 29.3 Å². The first-order valence-corrected chi connectivity index (χ1v) is 6.46. The quantitative estimate of drug-likeness (QED) is 0.785. The molecule has 0 radical (unpaired) electrons. The van der Waals surface area contributed by atoms with Crippen LogP contribution >= 0.6 is 23.7 Å². The molecule has 1 atom stereocenters. The van der Waals surface area contributed by atoms with E-state index in [1.165, 1.54) is 22.5 Å². The molecule has 1 heterocycles. The monoisotopic (exact) mass is 226 g/mol. The lowest BCUT2D eigenvalue weighted by Gasteiger charge is -2.28. The molecule has 2 rings (SSSR count). The summed E-state index contributed by atoms with van der Waals surface area (Å²) in [5, 5.41) is 5.70. The van der Waals surface area contributed by atoms with Gasteiger partial charge < -0.3 is 4.90 Å². The van der Waals surface area contributed by atoms with Crippen molar-refractivity contribution >= 4 is 29.4 Å². The fourth-order valence-corrected chi connectivity index (χ4v) is 3.82. The van der Waals surface area contributed by atoms with Gasteiger partial charge in [0, 0.05) is 10.9 Å². The van der Waals surface area contributed by atoms with Crippen molar-refractivity contribution in [3.05, 3.63) is 24.3 Å². The SMILES string of the molecule is CC(C)N1c2ccccc2SC1SN. The number of hydrogen-bond donors (Lipinski definition) is 1. The van der Waals surface area contributed by atoms with Crippen LogP contribution in [0.1, 0.15) is 13.8 Å².